The number of carbonyl (C=O) groups is 2. The smallest absolute Gasteiger partial charge is 0.328 e. The Morgan fingerprint density at radius 2 is 2.26 bits per heavy atom. The summed E-state index contributed by atoms with van der Waals surface area (Å²) in [6.07, 6.45) is 1.43. The van der Waals surface area contributed by atoms with Crippen molar-refractivity contribution in [1.82, 2.24) is 5.32 Å². The van der Waals surface area contributed by atoms with Crippen LogP contribution in [0.3, 0.4) is 0 Å². The van der Waals surface area contributed by atoms with Gasteiger partial charge < -0.3 is 15.4 Å². The third-order valence-corrected chi connectivity index (χ3v) is 3.22. The van der Waals surface area contributed by atoms with Gasteiger partial charge in [-0.15, -0.1) is 0 Å². The molecule has 0 aromatic heterocycles. The third-order valence-electron chi connectivity index (χ3n) is 3.22. The van der Waals surface area contributed by atoms with E-state index in [9.17, 15) is 9.59 Å². The highest BCUT2D eigenvalue weighted by atomic mass is 16.5. The van der Waals surface area contributed by atoms with Gasteiger partial charge >= 0.3 is 5.97 Å². The molecule has 0 spiro atoms. The first-order chi connectivity index (χ1) is 9.11. The molecule has 102 valence electrons. The molecule has 0 unspecified atom stereocenters. The summed E-state index contributed by atoms with van der Waals surface area (Å²) in [4.78, 5) is 22.9. The lowest BCUT2D eigenvalue weighted by Gasteiger charge is -2.17. The van der Waals surface area contributed by atoms with E-state index < -0.39 is 12.0 Å². The largest absolute Gasteiger partial charge is 0.467 e. The van der Waals surface area contributed by atoms with Gasteiger partial charge in [0.05, 0.1) is 7.11 Å². The molecule has 1 aliphatic heterocycles. The van der Waals surface area contributed by atoms with Crippen LogP contribution < -0.4 is 10.6 Å². The molecule has 0 bridgehead atoms. The van der Waals surface area contributed by atoms with Crippen LogP contribution in [0.2, 0.25) is 0 Å². The van der Waals surface area contributed by atoms with Crippen molar-refractivity contribution in [1.29, 1.82) is 0 Å². The number of ether oxygens (including phenoxy) is 1. The van der Waals surface area contributed by atoms with Gasteiger partial charge in [0.25, 0.3) is 0 Å². The minimum absolute atomic E-state index is 0.240. The van der Waals surface area contributed by atoms with E-state index in [4.69, 9.17) is 4.74 Å². The predicted molar refractivity (Wildman–Crippen MR) is 72.0 cm³/mol. The van der Waals surface area contributed by atoms with Crippen LogP contribution in [-0.4, -0.2) is 31.6 Å². The second-order valence-electron chi connectivity index (χ2n) is 4.61. The number of hydrogen-bond acceptors (Lipinski definition) is 4. The molecule has 2 N–H and O–H groups in total. The monoisotopic (exact) mass is 262 g/mol. The molecule has 19 heavy (non-hydrogen) atoms. The third kappa shape index (κ3) is 3.05. The van der Waals surface area contributed by atoms with Crippen LogP contribution in [0, 0.1) is 0 Å². The van der Waals surface area contributed by atoms with Crippen LogP contribution in [0.1, 0.15) is 18.1 Å². The average molecular weight is 262 g/mol. The van der Waals surface area contributed by atoms with E-state index >= 15 is 0 Å². The summed E-state index contributed by atoms with van der Waals surface area (Å²) in [7, 11) is 1.32. The van der Waals surface area contributed by atoms with Crippen LogP contribution in [0.25, 0.3) is 0 Å². The minimum Gasteiger partial charge on any atom is -0.467 e. The maximum Gasteiger partial charge on any atom is 0.328 e. The number of carbonyl (C=O) groups excluding carboxylic acids is 2. The van der Waals surface area contributed by atoms with Crippen molar-refractivity contribution >= 4 is 17.6 Å². The van der Waals surface area contributed by atoms with E-state index in [1.54, 1.807) is 0 Å². The second-order valence-corrected chi connectivity index (χ2v) is 4.61. The summed E-state index contributed by atoms with van der Waals surface area (Å²) in [5.74, 6) is -0.665. The number of methoxy groups -OCH3 is 1. The highest BCUT2D eigenvalue weighted by Crippen LogP contribution is 2.27. The topological polar surface area (TPSA) is 67.4 Å². The van der Waals surface area contributed by atoms with Crippen molar-refractivity contribution < 1.29 is 14.3 Å². The second kappa shape index (κ2) is 5.73. The molecule has 1 aromatic carbocycles. The Morgan fingerprint density at radius 1 is 1.47 bits per heavy atom. The Balaban J connectivity index is 2.19. The maximum absolute atomic E-state index is 11.7. The molecule has 1 atom stereocenters. The molecular weight excluding hydrogens is 244 g/mol. The van der Waals surface area contributed by atoms with Gasteiger partial charge in [0.15, 0.2) is 0 Å². The van der Waals surface area contributed by atoms with Gasteiger partial charge in [0.2, 0.25) is 5.91 Å². The Bertz CT molecular complexity index is 499. The molecule has 1 amide bonds. The summed E-state index contributed by atoms with van der Waals surface area (Å²) in [5.41, 5.74) is 3.37. The lowest BCUT2D eigenvalue weighted by Crippen LogP contribution is -2.42. The average Bonchev–Trinajstić information content (AvgIpc) is 2.85. The molecule has 0 aliphatic carbocycles. The van der Waals surface area contributed by atoms with E-state index in [1.165, 1.54) is 19.6 Å². The summed E-state index contributed by atoms with van der Waals surface area (Å²) in [5, 5.41) is 5.95. The van der Waals surface area contributed by atoms with E-state index in [0.717, 1.165) is 24.2 Å². The van der Waals surface area contributed by atoms with Gasteiger partial charge in [0, 0.05) is 25.6 Å². The molecule has 2 rings (SSSR count). The van der Waals surface area contributed by atoms with E-state index in [1.807, 2.05) is 12.1 Å². The standard InChI is InChI=1S/C14H18N2O3/c1-9(17)16-12(14(18)19-2)8-11-5-3-4-10-6-7-15-13(10)11/h3-5,12,15H,6-8H2,1-2H3,(H,16,17)/t12-/m0/s1. The zero-order valence-corrected chi connectivity index (χ0v) is 11.2. The molecule has 5 heteroatoms. The molecular formula is C14H18N2O3. The first-order valence-corrected chi connectivity index (χ1v) is 6.31. The Hall–Kier alpha value is -2.04. The van der Waals surface area contributed by atoms with Gasteiger partial charge in [0.1, 0.15) is 6.04 Å². The van der Waals surface area contributed by atoms with Gasteiger partial charge in [-0.1, -0.05) is 18.2 Å². The Kier molecular flexibility index (Phi) is 4.04. The van der Waals surface area contributed by atoms with Gasteiger partial charge in [-0.05, 0) is 17.5 Å². The number of anilines is 1. The SMILES string of the molecule is COC(=O)[C@H](Cc1cccc2c1NCC2)NC(C)=O. The van der Waals surface area contributed by atoms with E-state index in [-0.39, 0.29) is 5.91 Å². The van der Waals surface area contributed by atoms with Gasteiger partial charge in [-0.3, -0.25) is 4.79 Å². The number of nitrogens with one attached hydrogen (secondary N) is 2. The van der Waals surface area contributed by atoms with Gasteiger partial charge in [-0.2, -0.15) is 0 Å². The number of esters is 1. The molecule has 0 fully saturated rings. The summed E-state index contributed by atoms with van der Waals surface area (Å²) in [6, 6.07) is 5.37. The Morgan fingerprint density at radius 3 is 2.95 bits per heavy atom. The van der Waals surface area contributed by atoms with Crippen molar-refractivity contribution in [2.24, 2.45) is 0 Å². The van der Waals surface area contributed by atoms with Crippen molar-refractivity contribution in [3.8, 4) is 0 Å². The van der Waals surface area contributed by atoms with Crippen LogP contribution in [0.5, 0.6) is 0 Å². The predicted octanol–water partition coefficient (Wildman–Crippen LogP) is 0.875. The Labute approximate surface area is 112 Å². The number of rotatable bonds is 4. The van der Waals surface area contributed by atoms with Gasteiger partial charge in [-0.25, -0.2) is 4.79 Å². The fraction of sp³-hybridized carbons (Fsp3) is 0.429. The fourth-order valence-electron chi connectivity index (χ4n) is 2.38. The zero-order valence-electron chi connectivity index (χ0n) is 11.2. The fourth-order valence-corrected chi connectivity index (χ4v) is 2.38. The lowest BCUT2D eigenvalue weighted by atomic mass is 10.0. The zero-order chi connectivity index (χ0) is 13.8. The quantitative estimate of drug-likeness (QED) is 0.790. The molecule has 5 nitrogen and oxygen atoms in total. The molecule has 1 heterocycles. The molecule has 0 saturated heterocycles. The number of para-hydroxylation sites is 1. The van der Waals surface area contributed by atoms with Crippen LogP contribution in [0.4, 0.5) is 5.69 Å². The maximum atomic E-state index is 11.7. The summed E-state index contributed by atoms with van der Waals surface area (Å²) < 4.78 is 4.73. The van der Waals surface area contributed by atoms with E-state index in [2.05, 4.69) is 16.7 Å². The molecule has 1 aromatic rings. The highest BCUT2D eigenvalue weighted by Gasteiger charge is 2.23. The highest BCUT2D eigenvalue weighted by molar-refractivity contribution is 5.83. The molecule has 0 saturated carbocycles. The van der Waals surface area contributed by atoms with Crippen LogP contribution >= 0.6 is 0 Å². The van der Waals surface area contributed by atoms with Crippen molar-refractivity contribution in [2.45, 2.75) is 25.8 Å². The van der Waals surface area contributed by atoms with Crippen LogP contribution in [0.15, 0.2) is 18.2 Å². The number of benzene rings is 1. The van der Waals surface area contributed by atoms with Crippen molar-refractivity contribution in [3.63, 3.8) is 0 Å². The van der Waals surface area contributed by atoms with Crippen molar-refractivity contribution in [3.05, 3.63) is 29.3 Å². The first-order valence-electron chi connectivity index (χ1n) is 6.31. The minimum atomic E-state index is -0.642. The normalized spacial score (nSPS) is 14.2. The summed E-state index contributed by atoms with van der Waals surface area (Å²) in [6.45, 7) is 2.30. The molecule has 1 aliphatic rings. The molecule has 0 radical (unpaired) electrons. The first kappa shape index (κ1) is 13.4. The number of hydrogen-bond donors (Lipinski definition) is 2. The van der Waals surface area contributed by atoms with Crippen molar-refractivity contribution in [2.75, 3.05) is 19.0 Å². The number of fused-ring (bicyclic) bond motifs is 1. The lowest BCUT2D eigenvalue weighted by molar-refractivity contribution is -0.144. The van der Waals surface area contributed by atoms with Crippen LogP contribution in [-0.2, 0) is 27.2 Å². The summed E-state index contributed by atoms with van der Waals surface area (Å²) >= 11 is 0. The number of amides is 1. The van der Waals surface area contributed by atoms with E-state index in [0.29, 0.717) is 6.42 Å².